The van der Waals surface area contributed by atoms with Crippen molar-refractivity contribution in [2.24, 2.45) is 0 Å². The van der Waals surface area contributed by atoms with Gasteiger partial charge in [0.2, 0.25) is 5.91 Å². The molecule has 20 heavy (non-hydrogen) atoms. The summed E-state index contributed by atoms with van der Waals surface area (Å²) in [5, 5.41) is 2.62. The smallest absolute Gasteiger partial charge is 0.233 e. The van der Waals surface area contributed by atoms with E-state index in [1.54, 1.807) is 28.4 Å². The molecular weight excluding hydrogens is 312 g/mol. The molecule has 1 amide bonds. The molecule has 0 fully saturated rings. The fraction of sp³-hybridized carbons (Fsp3) is 0.214. The molecule has 6 heteroatoms. The van der Waals surface area contributed by atoms with Crippen molar-refractivity contribution in [3.8, 4) is 0 Å². The maximum Gasteiger partial charge on any atom is 0.233 e. The molecule has 0 aliphatic heterocycles. The Labute approximate surface area is 131 Å². The molecule has 3 nitrogen and oxygen atoms in total. The van der Waals surface area contributed by atoms with E-state index in [4.69, 9.17) is 17.3 Å². The minimum atomic E-state index is 0.0813. The Hall–Kier alpha value is -1.17. The van der Waals surface area contributed by atoms with Crippen molar-refractivity contribution in [2.45, 2.75) is 11.4 Å². The van der Waals surface area contributed by atoms with Gasteiger partial charge in [0.15, 0.2) is 0 Å². The number of benzene rings is 1. The zero-order valence-electron chi connectivity index (χ0n) is 11.0. The number of nitrogen functional groups attached to an aromatic ring is 1. The molecule has 0 spiro atoms. The molecule has 0 aliphatic carbocycles. The van der Waals surface area contributed by atoms with Crippen molar-refractivity contribution < 1.29 is 4.79 Å². The number of nitrogens with zero attached hydrogens (tertiary/aromatic N) is 1. The molecular formula is C14H15ClN2OS2. The van der Waals surface area contributed by atoms with Gasteiger partial charge in [0.05, 0.1) is 12.3 Å². The average molecular weight is 327 g/mol. The van der Waals surface area contributed by atoms with Gasteiger partial charge in [0.1, 0.15) is 0 Å². The predicted octanol–water partition coefficient (Wildman–Crippen LogP) is 3.73. The van der Waals surface area contributed by atoms with Gasteiger partial charge in [-0.05, 0) is 29.6 Å². The van der Waals surface area contributed by atoms with Crippen LogP contribution in [-0.2, 0) is 11.3 Å². The van der Waals surface area contributed by atoms with E-state index < -0.39 is 0 Å². The van der Waals surface area contributed by atoms with Crippen LogP contribution in [0.5, 0.6) is 0 Å². The number of rotatable bonds is 5. The molecule has 0 saturated heterocycles. The van der Waals surface area contributed by atoms with E-state index in [0.717, 1.165) is 4.90 Å². The minimum Gasteiger partial charge on any atom is -0.398 e. The second-order valence-electron chi connectivity index (χ2n) is 4.30. The monoisotopic (exact) mass is 326 g/mol. The van der Waals surface area contributed by atoms with Gasteiger partial charge in [-0.3, -0.25) is 4.79 Å². The number of hydrogen-bond donors (Lipinski definition) is 1. The Morgan fingerprint density at radius 1 is 1.45 bits per heavy atom. The zero-order chi connectivity index (χ0) is 14.5. The van der Waals surface area contributed by atoms with Crippen molar-refractivity contribution in [1.82, 2.24) is 4.90 Å². The van der Waals surface area contributed by atoms with Gasteiger partial charge in [-0.15, -0.1) is 23.1 Å². The summed E-state index contributed by atoms with van der Waals surface area (Å²) in [7, 11) is 1.81. The van der Waals surface area contributed by atoms with E-state index in [1.807, 2.05) is 30.6 Å². The molecule has 1 aromatic heterocycles. The molecule has 1 heterocycles. The Morgan fingerprint density at radius 3 is 2.90 bits per heavy atom. The summed E-state index contributed by atoms with van der Waals surface area (Å²) in [4.78, 5) is 15.9. The van der Waals surface area contributed by atoms with Gasteiger partial charge in [0.25, 0.3) is 0 Å². The first-order chi connectivity index (χ1) is 9.56. The lowest BCUT2D eigenvalue weighted by Crippen LogP contribution is -2.27. The summed E-state index contributed by atoms with van der Waals surface area (Å²) in [6, 6.07) is 9.33. The Balaban J connectivity index is 1.88. The molecule has 2 rings (SSSR count). The first kappa shape index (κ1) is 15.2. The van der Waals surface area contributed by atoms with Crippen LogP contribution in [0.15, 0.2) is 40.6 Å². The van der Waals surface area contributed by atoms with Crippen molar-refractivity contribution in [3.05, 3.63) is 45.6 Å². The van der Waals surface area contributed by atoms with Crippen LogP contribution in [-0.4, -0.2) is 23.6 Å². The van der Waals surface area contributed by atoms with E-state index in [0.29, 0.717) is 23.0 Å². The van der Waals surface area contributed by atoms with E-state index >= 15 is 0 Å². The number of thioether (sulfide) groups is 1. The molecule has 2 N–H and O–H groups in total. The lowest BCUT2D eigenvalue weighted by atomic mass is 10.3. The first-order valence-corrected chi connectivity index (χ1v) is 8.25. The number of amides is 1. The number of carbonyl (C=O) groups excluding carboxylic acids is 1. The van der Waals surface area contributed by atoms with Crippen molar-refractivity contribution >= 4 is 46.3 Å². The average Bonchev–Trinajstić information content (AvgIpc) is 2.90. The number of halogens is 1. The summed E-state index contributed by atoms with van der Waals surface area (Å²) < 4.78 is 0. The maximum absolute atomic E-state index is 12.1. The van der Waals surface area contributed by atoms with Crippen LogP contribution >= 0.6 is 34.7 Å². The summed E-state index contributed by atoms with van der Waals surface area (Å²) in [5.41, 5.74) is 6.47. The van der Waals surface area contributed by atoms with Gasteiger partial charge in [-0.25, -0.2) is 0 Å². The van der Waals surface area contributed by atoms with Crippen LogP contribution in [0.4, 0.5) is 5.69 Å². The van der Waals surface area contributed by atoms with Crippen LogP contribution < -0.4 is 5.73 Å². The fourth-order valence-electron chi connectivity index (χ4n) is 1.62. The SMILES string of the molecule is CN(Cc1cccs1)C(=O)CSc1ccc(Cl)cc1N. The minimum absolute atomic E-state index is 0.0813. The van der Waals surface area contributed by atoms with Crippen molar-refractivity contribution in [3.63, 3.8) is 0 Å². The third-order valence-electron chi connectivity index (χ3n) is 2.72. The van der Waals surface area contributed by atoms with Gasteiger partial charge < -0.3 is 10.6 Å². The van der Waals surface area contributed by atoms with Crippen molar-refractivity contribution in [2.75, 3.05) is 18.5 Å². The lowest BCUT2D eigenvalue weighted by molar-refractivity contribution is -0.127. The second kappa shape index (κ2) is 7.02. The Kier molecular flexibility index (Phi) is 5.34. The molecule has 2 aromatic rings. The van der Waals surface area contributed by atoms with Crippen LogP contribution in [0, 0.1) is 0 Å². The quantitative estimate of drug-likeness (QED) is 0.672. The number of carbonyl (C=O) groups is 1. The second-order valence-corrected chi connectivity index (χ2v) is 6.79. The third-order valence-corrected chi connectivity index (χ3v) is 4.89. The fourth-order valence-corrected chi connectivity index (χ4v) is 3.45. The first-order valence-electron chi connectivity index (χ1n) is 6.00. The standard InChI is InChI=1S/C14H15ClN2OS2/c1-17(8-11-3-2-6-19-11)14(18)9-20-13-5-4-10(15)7-12(13)16/h2-7H,8-9,16H2,1H3. The number of anilines is 1. The number of thiophene rings is 1. The molecule has 1 aromatic carbocycles. The van der Waals surface area contributed by atoms with E-state index in [9.17, 15) is 4.79 Å². The van der Waals surface area contributed by atoms with Crippen LogP contribution in [0.25, 0.3) is 0 Å². The van der Waals surface area contributed by atoms with Crippen LogP contribution in [0.2, 0.25) is 5.02 Å². The molecule has 0 atom stereocenters. The normalized spacial score (nSPS) is 10.5. The Morgan fingerprint density at radius 2 is 2.25 bits per heavy atom. The van der Waals surface area contributed by atoms with Crippen LogP contribution in [0.1, 0.15) is 4.88 Å². The molecule has 0 bridgehead atoms. The van der Waals surface area contributed by atoms with Crippen molar-refractivity contribution in [1.29, 1.82) is 0 Å². The predicted molar refractivity (Wildman–Crippen MR) is 87.4 cm³/mol. The van der Waals surface area contributed by atoms with Gasteiger partial charge in [0, 0.05) is 27.5 Å². The highest BCUT2D eigenvalue weighted by atomic mass is 35.5. The van der Waals surface area contributed by atoms with Gasteiger partial charge in [-0.1, -0.05) is 17.7 Å². The molecule has 0 unspecified atom stereocenters. The highest BCUT2D eigenvalue weighted by Crippen LogP contribution is 2.27. The molecule has 106 valence electrons. The summed E-state index contributed by atoms with van der Waals surface area (Å²) in [5.74, 6) is 0.450. The van der Waals surface area contributed by atoms with Crippen LogP contribution in [0.3, 0.4) is 0 Å². The lowest BCUT2D eigenvalue weighted by Gasteiger charge is -2.16. The van der Waals surface area contributed by atoms with E-state index in [1.165, 1.54) is 16.6 Å². The largest absolute Gasteiger partial charge is 0.398 e. The topological polar surface area (TPSA) is 46.3 Å². The maximum atomic E-state index is 12.1. The van der Waals surface area contributed by atoms with E-state index in [2.05, 4.69) is 0 Å². The summed E-state index contributed by atoms with van der Waals surface area (Å²) in [6.07, 6.45) is 0. The van der Waals surface area contributed by atoms with Gasteiger partial charge >= 0.3 is 0 Å². The van der Waals surface area contributed by atoms with Gasteiger partial charge in [-0.2, -0.15) is 0 Å². The Bertz CT molecular complexity index is 587. The highest BCUT2D eigenvalue weighted by molar-refractivity contribution is 8.00. The molecule has 0 radical (unpaired) electrons. The highest BCUT2D eigenvalue weighted by Gasteiger charge is 2.11. The summed E-state index contributed by atoms with van der Waals surface area (Å²) in [6.45, 7) is 0.646. The third kappa shape index (κ3) is 4.16. The number of nitrogens with two attached hydrogens (primary N) is 1. The molecule has 0 aliphatic rings. The summed E-state index contributed by atoms with van der Waals surface area (Å²) >= 11 is 8.93. The molecule has 0 saturated carbocycles. The number of hydrogen-bond acceptors (Lipinski definition) is 4. The van der Waals surface area contributed by atoms with E-state index in [-0.39, 0.29) is 5.91 Å². The zero-order valence-corrected chi connectivity index (χ0v) is 13.4.